The van der Waals surface area contributed by atoms with E-state index in [4.69, 9.17) is 4.74 Å². The Kier molecular flexibility index (Phi) is 4.03. The Labute approximate surface area is 95.6 Å². The van der Waals surface area contributed by atoms with Gasteiger partial charge in [-0.3, -0.25) is 0 Å². The molecule has 0 radical (unpaired) electrons. The molecule has 1 aromatic heterocycles. The number of hydrogen-bond donors (Lipinski definition) is 1. The SMILES string of the molecule is CCCC1CC(Nc2ccsc2)CCO1. The monoisotopic (exact) mass is 225 g/mol. The van der Waals surface area contributed by atoms with E-state index in [2.05, 4.69) is 29.1 Å². The average molecular weight is 225 g/mol. The highest BCUT2D eigenvalue weighted by molar-refractivity contribution is 7.08. The molecule has 2 heterocycles. The molecule has 0 aliphatic carbocycles. The Morgan fingerprint density at radius 1 is 1.60 bits per heavy atom. The van der Waals surface area contributed by atoms with Gasteiger partial charge in [0.1, 0.15) is 0 Å². The van der Waals surface area contributed by atoms with Crippen LogP contribution in [0, 0.1) is 0 Å². The zero-order chi connectivity index (χ0) is 10.5. The van der Waals surface area contributed by atoms with Crippen molar-refractivity contribution in [3.05, 3.63) is 16.8 Å². The van der Waals surface area contributed by atoms with Crippen molar-refractivity contribution >= 4 is 17.0 Å². The van der Waals surface area contributed by atoms with Gasteiger partial charge >= 0.3 is 0 Å². The molecule has 1 aliphatic rings. The highest BCUT2D eigenvalue weighted by Crippen LogP contribution is 2.22. The predicted molar refractivity (Wildman–Crippen MR) is 65.6 cm³/mol. The van der Waals surface area contributed by atoms with Crippen molar-refractivity contribution in [3.63, 3.8) is 0 Å². The molecule has 0 saturated carbocycles. The Morgan fingerprint density at radius 2 is 2.53 bits per heavy atom. The highest BCUT2D eigenvalue weighted by Gasteiger charge is 2.21. The highest BCUT2D eigenvalue weighted by atomic mass is 32.1. The van der Waals surface area contributed by atoms with Gasteiger partial charge in [-0.2, -0.15) is 11.3 Å². The largest absolute Gasteiger partial charge is 0.381 e. The summed E-state index contributed by atoms with van der Waals surface area (Å²) >= 11 is 1.75. The summed E-state index contributed by atoms with van der Waals surface area (Å²) in [6, 6.07) is 2.75. The van der Waals surface area contributed by atoms with E-state index in [1.54, 1.807) is 11.3 Å². The molecule has 0 bridgehead atoms. The fourth-order valence-corrected chi connectivity index (χ4v) is 2.71. The molecule has 1 aromatic rings. The summed E-state index contributed by atoms with van der Waals surface area (Å²) in [4.78, 5) is 0. The molecule has 84 valence electrons. The number of hydrogen-bond acceptors (Lipinski definition) is 3. The van der Waals surface area contributed by atoms with Crippen LogP contribution in [-0.4, -0.2) is 18.8 Å². The quantitative estimate of drug-likeness (QED) is 0.846. The van der Waals surface area contributed by atoms with E-state index in [1.807, 2.05) is 0 Å². The van der Waals surface area contributed by atoms with Gasteiger partial charge in [-0.05, 0) is 30.7 Å². The average Bonchev–Trinajstić information content (AvgIpc) is 2.71. The first-order valence-electron chi connectivity index (χ1n) is 5.79. The Morgan fingerprint density at radius 3 is 3.27 bits per heavy atom. The molecule has 2 atom stereocenters. The van der Waals surface area contributed by atoms with Crippen LogP contribution in [0.3, 0.4) is 0 Å². The van der Waals surface area contributed by atoms with Crippen LogP contribution in [-0.2, 0) is 4.74 Å². The Balaban J connectivity index is 1.82. The van der Waals surface area contributed by atoms with E-state index in [1.165, 1.54) is 18.5 Å². The van der Waals surface area contributed by atoms with Gasteiger partial charge in [-0.15, -0.1) is 0 Å². The third-order valence-electron chi connectivity index (χ3n) is 2.87. The van der Waals surface area contributed by atoms with Crippen molar-refractivity contribution in [2.45, 2.75) is 44.8 Å². The normalized spacial score (nSPS) is 26.5. The molecule has 2 rings (SSSR count). The summed E-state index contributed by atoms with van der Waals surface area (Å²) in [7, 11) is 0. The first-order valence-corrected chi connectivity index (χ1v) is 6.73. The molecule has 0 amide bonds. The minimum atomic E-state index is 0.472. The predicted octanol–water partition coefficient (Wildman–Crippen LogP) is 3.51. The van der Waals surface area contributed by atoms with Gasteiger partial charge in [0, 0.05) is 23.7 Å². The molecule has 0 spiro atoms. The van der Waals surface area contributed by atoms with E-state index in [0.717, 1.165) is 19.4 Å². The topological polar surface area (TPSA) is 21.3 Å². The summed E-state index contributed by atoms with van der Waals surface area (Å²) in [6.07, 6.45) is 5.18. The maximum absolute atomic E-state index is 5.73. The molecular weight excluding hydrogens is 206 g/mol. The van der Waals surface area contributed by atoms with Crippen molar-refractivity contribution in [1.82, 2.24) is 0 Å². The van der Waals surface area contributed by atoms with E-state index in [9.17, 15) is 0 Å². The van der Waals surface area contributed by atoms with Gasteiger partial charge < -0.3 is 10.1 Å². The van der Waals surface area contributed by atoms with Crippen LogP contribution in [0.1, 0.15) is 32.6 Å². The molecule has 1 aliphatic heterocycles. The number of ether oxygens (including phenoxy) is 1. The van der Waals surface area contributed by atoms with Gasteiger partial charge in [-0.1, -0.05) is 13.3 Å². The number of thiophene rings is 1. The van der Waals surface area contributed by atoms with E-state index < -0.39 is 0 Å². The lowest BCUT2D eigenvalue weighted by molar-refractivity contribution is 0.00598. The lowest BCUT2D eigenvalue weighted by atomic mass is 10.00. The number of rotatable bonds is 4. The van der Waals surface area contributed by atoms with Crippen LogP contribution < -0.4 is 5.32 Å². The Hall–Kier alpha value is -0.540. The molecular formula is C12H19NOS. The van der Waals surface area contributed by atoms with Crippen molar-refractivity contribution in [2.75, 3.05) is 11.9 Å². The van der Waals surface area contributed by atoms with E-state index >= 15 is 0 Å². The third kappa shape index (κ3) is 3.21. The summed E-state index contributed by atoms with van der Waals surface area (Å²) in [5.41, 5.74) is 1.27. The van der Waals surface area contributed by atoms with Crippen LogP contribution in [0.15, 0.2) is 16.8 Å². The second kappa shape index (κ2) is 5.52. The van der Waals surface area contributed by atoms with Gasteiger partial charge in [0.2, 0.25) is 0 Å². The first kappa shape index (κ1) is 11.0. The van der Waals surface area contributed by atoms with Gasteiger partial charge in [0.15, 0.2) is 0 Å². The van der Waals surface area contributed by atoms with Crippen molar-refractivity contribution in [2.24, 2.45) is 0 Å². The van der Waals surface area contributed by atoms with E-state index in [-0.39, 0.29) is 0 Å². The number of anilines is 1. The van der Waals surface area contributed by atoms with Crippen molar-refractivity contribution < 1.29 is 4.74 Å². The van der Waals surface area contributed by atoms with Gasteiger partial charge in [0.25, 0.3) is 0 Å². The second-order valence-electron chi connectivity index (χ2n) is 4.16. The van der Waals surface area contributed by atoms with Crippen LogP contribution in [0.5, 0.6) is 0 Å². The molecule has 2 nitrogen and oxygen atoms in total. The zero-order valence-corrected chi connectivity index (χ0v) is 10.1. The maximum Gasteiger partial charge on any atom is 0.0594 e. The van der Waals surface area contributed by atoms with Gasteiger partial charge in [0.05, 0.1) is 6.10 Å². The third-order valence-corrected chi connectivity index (χ3v) is 3.55. The minimum Gasteiger partial charge on any atom is -0.381 e. The van der Waals surface area contributed by atoms with Gasteiger partial charge in [-0.25, -0.2) is 0 Å². The van der Waals surface area contributed by atoms with Crippen molar-refractivity contribution in [1.29, 1.82) is 0 Å². The standard InChI is InChI=1S/C12H19NOS/c1-2-3-12-8-10(4-6-14-12)13-11-5-7-15-9-11/h5,7,9-10,12-13H,2-4,6,8H2,1H3. The van der Waals surface area contributed by atoms with E-state index in [0.29, 0.717) is 12.1 Å². The molecule has 15 heavy (non-hydrogen) atoms. The molecule has 1 N–H and O–H groups in total. The van der Waals surface area contributed by atoms with Crippen LogP contribution >= 0.6 is 11.3 Å². The lowest BCUT2D eigenvalue weighted by Gasteiger charge is -2.30. The molecule has 3 heteroatoms. The smallest absolute Gasteiger partial charge is 0.0594 e. The summed E-state index contributed by atoms with van der Waals surface area (Å²) in [5, 5.41) is 7.87. The maximum atomic E-state index is 5.73. The lowest BCUT2D eigenvalue weighted by Crippen LogP contribution is -2.33. The fraction of sp³-hybridized carbons (Fsp3) is 0.667. The van der Waals surface area contributed by atoms with Crippen LogP contribution in [0.25, 0.3) is 0 Å². The molecule has 2 unspecified atom stereocenters. The molecule has 0 aromatic carbocycles. The Bertz CT molecular complexity index is 271. The fourth-order valence-electron chi connectivity index (χ4n) is 2.12. The summed E-state index contributed by atoms with van der Waals surface area (Å²) in [5.74, 6) is 0. The first-order chi connectivity index (χ1) is 7.38. The summed E-state index contributed by atoms with van der Waals surface area (Å²) < 4.78 is 5.73. The zero-order valence-electron chi connectivity index (χ0n) is 9.24. The summed E-state index contributed by atoms with van der Waals surface area (Å²) in [6.45, 7) is 3.13. The minimum absolute atomic E-state index is 0.472. The van der Waals surface area contributed by atoms with Crippen molar-refractivity contribution in [3.8, 4) is 0 Å². The molecule has 1 fully saturated rings. The second-order valence-corrected chi connectivity index (χ2v) is 4.94. The van der Waals surface area contributed by atoms with Crippen LogP contribution in [0.4, 0.5) is 5.69 Å². The molecule has 1 saturated heterocycles. The number of nitrogens with one attached hydrogen (secondary N) is 1. The van der Waals surface area contributed by atoms with Crippen LogP contribution in [0.2, 0.25) is 0 Å².